The van der Waals surface area contributed by atoms with Gasteiger partial charge in [0.15, 0.2) is 5.43 Å². The summed E-state index contributed by atoms with van der Waals surface area (Å²) in [5, 5.41) is 7.97. The van der Waals surface area contributed by atoms with E-state index in [4.69, 9.17) is 11.6 Å². The van der Waals surface area contributed by atoms with E-state index in [1.807, 2.05) is 25.1 Å². The number of thioether (sulfide) groups is 1. The molecular weight excluding hydrogens is 424 g/mol. The van der Waals surface area contributed by atoms with Crippen molar-refractivity contribution in [2.24, 2.45) is 0 Å². The van der Waals surface area contributed by atoms with E-state index < -0.39 is 0 Å². The number of halogens is 1. The number of hydrogen-bond donors (Lipinski definition) is 1. The molecule has 0 saturated heterocycles. The number of nitrogens with one attached hydrogen (secondary N) is 1. The summed E-state index contributed by atoms with van der Waals surface area (Å²) in [6, 6.07) is 9.68. The first-order chi connectivity index (χ1) is 14.0. The number of nitrogens with zero attached hydrogens (tertiary/aromatic N) is 1. The highest BCUT2D eigenvalue weighted by Gasteiger charge is 2.31. The SMILES string of the molecule is Cc1cc(=O)c(C(=O)NC2CC2)c2n1-c1ccc(Cl)cc1S[C@H](c1ccsc1)C2. The predicted octanol–water partition coefficient (Wildman–Crippen LogP) is 5.14. The number of fused-ring (bicyclic) bond motifs is 3. The minimum absolute atomic E-state index is 0.0980. The molecule has 1 saturated carbocycles. The van der Waals surface area contributed by atoms with Crippen LogP contribution in [-0.4, -0.2) is 16.5 Å². The van der Waals surface area contributed by atoms with Gasteiger partial charge >= 0.3 is 0 Å². The molecule has 0 bridgehead atoms. The quantitative estimate of drug-likeness (QED) is 0.610. The van der Waals surface area contributed by atoms with Crippen LogP contribution in [0.5, 0.6) is 0 Å². The Balaban J connectivity index is 1.75. The van der Waals surface area contributed by atoms with Gasteiger partial charge in [0.25, 0.3) is 5.91 Å². The summed E-state index contributed by atoms with van der Waals surface area (Å²) in [6.45, 7) is 1.92. The maximum atomic E-state index is 13.0. The monoisotopic (exact) mass is 442 g/mol. The molecule has 3 heterocycles. The third-order valence-corrected chi connectivity index (χ3v) is 7.60. The fraction of sp³-hybridized carbons (Fsp3) is 0.273. The van der Waals surface area contributed by atoms with Crippen molar-refractivity contribution >= 4 is 40.6 Å². The average molecular weight is 443 g/mol. The Morgan fingerprint density at radius 3 is 2.79 bits per heavy atom. The Kier molecular flexibility index (Phi) is 4.81. The molecule has 2 aromatic heterocycles. The molecule has 1 aliphatic heterocycles. The Labute approximate surface area is 181 Å². The molecule has 1 amide bonds. The molecule has 4 nitrogen and oxygen atoms in total. The number of hydrogen-bond acceptors (Lipinski definition) is 4. The van der Waals surface area contributed by atoms with E-state index in [2.05, 4.69) is 26.7 Å². The van der Waals surface area contributed by atoms with E-state index in [1.165, 1.54) is 5.56 Å². The van der Waals surface area contributed by atoms with Gasteiger partial charge in [0, 0.05) is 45.1 Å². The molecule has 1 fully saturated rings. The number of aryl methyl sites for hydroxylation is 1. The van der Waals surface area contributed by atoms with Gasteiger partial charge < -0.3 is 9.88 Å². The summed E-state index contributed by atoms with van der Waals surface area (Å²) in [5.41, 5.74) is 3.82. The van der Waals surface area contributed by atoms with Crippen molar-refractivity contribution in [1.29, 1.82) is 0 Å². The molecule has 3 aromatic rings. The fourth-order valence-corrected chi connectivity index (χ4v) is 6.17. The van der Waals surface area contributed by atoms with E-state index in [9.17, 15) is 9.59 Å². The fourth-order valence-electron chi connectivity index (χ4n) is 3.83. The van der Waals surface area contributed by atoms with Crippen LogP contribution in [0, 0.1) is 6.92 Å². The number of amides is 1. The van der Waals surface area contributed by atoms with Gasteiger partial charge in [0.05, 0.1) is 5.69 Å². The van der Waals surface area contributed by atoms with Gasteiger partial charge in [-0.15, -0.1) is 11.8 Å². The third kappa shape index (κ3) is 3.54. The smallest absolute Gasteiger partial charge is 0.257 e. The number of rotatable bonds is 3. The van der Waals surface area contributed by atoms with Crippen LogP contribution in [0.15, 0.2) is 50.8 Å². The molecule has 0 unspecified atom stereocenters. The van der Waals surface area contributed by atoms with Crippen LogP contribution >= 0.6 is 34.7 Å². The summed E-state index contributed by atoms with van der Waals surface area (Å²) in [5.74, 6) is -0.257. The first-order valence-corrected chi connectivity index (χ1v) is 11.8. The van der Waals surface area contributed by atoms with Crippen LogP contribution in [0.1, 0.15) is 45.4 Å². The molecule has 0 radical (unpaired) electrons. The van der Waals surface area contributed by atoms with Crippen molar-refractivity contribution in [2.45, 2.75) is 42.4 Å². The zero-order chi connectivity index (χ0) is 20.1. The zero-order valence-corrected chi connectivity index (χ0v) is 18.2. The van der Waals surface area contributed by atoms with Crippen LogP contribution in [0.4, 0.5) is 0 Å². The molecule has 2 aliphatic rings. The summed E-state index contributed by atoms with van der Waals surface area (Å²) >= 11 is 9.69. The van der Waals surface area contributed by atoms with Gasteiger partial charge in [-0.05, 0) is 60.4 Å². The number of pyridine rings is 1. The maximum Gasteiger partial charge on any atom is 0.257 e. The molecule has 1 N–H and O–H groups in total. The lowest BCUT2D eigenvalue weighted by atomic mass is 10.0. The van der Waals surface area contributed by atoms with Crippen LogP contribution in [0.3, 0.4) is 0 Å². The minimum atomic E-state index is -0.257. The average Bonchev–Trinajstić information content (AvgIpc) is 3.34. The predicted molar refractivity (Wildman–Crippen MR) is 119 cm³/mol. The number of thiophene rings is 1. The molecule has 1 aromatic carbocycles. The summed E-state index contributed by atoms with van der Waals surface area (Å²) < 4.78 is 2.06. The van der Waals surface area contributed by atoms with Gasteiger partial charge in [0.2, 0.25) is 0 Å². The van der Waals surface area contributed by atoms with E-state index in [1.54, 1.807) is 29.2 Å². The van der Waals surface area contributed by atoms with Crippen molar-refractivity contribution in [3.63, 3.8) is 0 Å². The molecule has 1 atom stereocenters. The van der Waals surface area contributed by atoms with E-state index >= 15 is 0 Å². The van der Waals surface area contributed by atoms with Crippen LogP contribution in [0.25, 0.3) is 5.69 Å². The van der Waals surface area contributed by atoms with Crippen molar-refractivity contribution < 1.29 is 4.79 Å². The highest BCUT2D eigenvalue weighted by atomic mass is 35.5. The molecule has 5 rings (SSSR count). The summed E-state index contributed by atoms with van der Waals surface area (Å²) in [7, 11) is 0. The van der Waals surface area contributed by atoms with Crippen molar-refractivity contribution in [3.05, 3.63) is 78.9 Å². The van der Waals surface area contributed by atoms with Gasteiger partial charge in [0.1, 0.15) is 5.56 Å². The Bertz CT molecular complexity index is 1170. The third-order valence-electron chi connectivity index (χ3n) is 5.36. The normalized spacial score (nSPS) is 17.9. The van der Waals surface area contributed by atoms with Crippen molar-refractivity contribution in [3.8, 4) is 5.69 Å². The molecule has 29 heavy (non-hydrogen) atoms. The van der Waals surface area contributed by atoms with Crippen LogP contribution in [-0.2, 0) is 6.42 Å². The molecule has 0 spiro atoms. The lowest BCUT2D eigenvalue weighted by Gasteiger charge is -2.20. The molecule has 7 heteroatoms. The number of benzene rings is 1. The standard InChI is InChI=1S/C22H19ClN2O2S2/c1-12-8-18(26)21(22(27)24-15-3-4-15)17-10-19(13-6-7-28-11-13)29-20-9-14(23)2-5-16(20)25(12)17/h2,5-9,11,15,19H,3-4,10H2,1H3,(H,24,27)/t19-/m0/s1. The largest absolute Gasteiger partial charge is 0.349 e. The van der Waals surface area contributed by atoms with Crippen LogP contribution in [0.2, 0.25) is 5.02 Å². The first-order valence-electron chi connectivity index (χ1n) is 9.56. The van der Waals surface area contributed by atoms with Crippen LogP contribution < -0.4 is 10.7 Å². The number of carbonyl (C=O) groups excluding carboxylic acids is 1. The Morgan fingerprint density at radius 2 is 2.07 bits per heavy atom. The zero-order valence-electron chi connectivity index (χ0n) is 15.8. The van der Waals surface area contributed by atoms with Gasteiger partial charge in [-0.1, -0.05) is 11.6 Å². The second-order valence-electron chi connectivity index (χ2n) is 7.53. The Hall–Kier alpha value is -2.02. The van der Waals surface area contributed by atoms with E-state index in [0.29, 0.717) is 11.4 Å². The highest BCUT2D eigenvalue weighted by Crippen LogP contribution is 2.45. The van der Waals surface area contributed by atoms with E-state index in [0.717, 1.165) is 34.8 Å². The van der Waals surface area contributed by atoms with Crippen molar-refractivity contribution in [1.82, 2.24) is 9.88 Å². The maximum absolute atomic E-state index is 13.0. The lowest BCUT2D eigenvalue weighted by Crippen LogP contribution is -2.33. The van der Waals surface area contributed by atoms with Gasteiger partial charge in [-0.25, -0.2) is 0 Å². The molecule has 148 valence electrons. The summed E-state index contributed by atoms with van der Waals surface area (Å²) in [6.07, 6.45) is 2.56. The lowest BCUT2D eigenvalue weighted by molar-refractivity contribution is 0.0948. The minimum Gasteiger partial charge on any atom is -0.349 e. The molecular formula is C22H19ClN2O2S2. The topological polar surface area (TPSA) is 51.1 Å². The second kappa shape index (κ2) is 7.35. The number of aromatic nitrogens is 1. The van der Waals surface area contributed by atoms with E-state index in [-0.39, 0.29) is 28.2 Å². The first kappa shape index (κ1) is 19.0. The summed E-state index contributed by atoms with van der Waals surface area (Å²) in [4.78, 5) is 27.0. The van der Waals surface area contributed by atoms with Gasteiger partial charge in [-0.3, -0.25) is 9.59 Å². The Morgan fingerprint density at radius 1 is 1.24 bits per heavy atom. The molecule has 1 aliphatic carbocycles. The van der Waals surface area contributed by atoms with Crippen molar-refractivity contribution in [2.75, 3.05) is 0 Å². The number of carbonyl (C=O) groups is 1. The highest BCUT2D eigenvalue weighted by molar-refractivity contribution is 7.99. The second-order valence-corrected chi connectivity index (χ2v) is 10.00. The van der Waals surface area contributed by atoms with Gasteiger partial charge in [-0.2, -0.15) is 11.3 Å².